The van der Waals surface area contributed by atoms with Crippen molar-refractivity contribution in [3.8, 4) is 0 Å². The number of carbonyl (C=O) groups excluding carboxylic acids is 2. The molecule has 94 valence electrons. The Bertz CT molecular complexity index is 230. The summed E-state index contributed by atoms with van der Waals surface area (Å²) in [6, 6.07) is 0.223. The molecular weight excluding hydrogens is 230 g/mol. The first-order valence-electron chi connectivity index (χ1n) is 5.49. The quantitative estimate of drug-likeness (QED) is 0.632. The van der Waals surface area contributed by atoms with Crippen LogP contribution in [0, 0.1) is 0 Å². The highest BCUT2D eigenvalue weighted by atomic mass is 35.5. The van der Waals surface area contributed by atoms with Crippen molar-refractivity contribution < 1.29 is 9.59 Å². The molecule has 0 aromatic rings. The van der Waals surface area contributed by atoms with Gasteiger partial charge in [-0.1, -0.05) is 6.92 Å². The third kappa shape index (κ3) is 5.92. The van der Waals surface area contributed by atoms with E-state index in [9.17, 15) is 9.59 Å². The minimum absolute atomic E-state index is 0. The monoisotopic (exact) mass is 249 g/mol. The zero-order chi connectivity index (χ0) is 11.1. The van der Waals surface area contributed by atoms with Crippen LogP contribution in [-0.2, 0) is 9.59 Å². The second kappa shape index (κ2) is 8.35. The Morgan fingerprint density at radius 2 is 2.12 bits per heavy atom. The molecule has 1 rings (SSSR count). The fraction of sp³-hybridized carbons (Fsp3) is 0.800. The molecule has 0 aromatic carbocycles. The zero-order valence-corrected chi connectivity index (χ0v) is 10.4. The second-order valence-electron chi connectivity index (χ2n) is 3.78. The first kappa shape index (κ1) is 15.2. The Morgan fingerprint density at radius 1 is 1.38 bits per heavy atom. The Balaban J connectivity index is 0.00000225. The maximum absolute atomic E-state index is 11.4. The maximum atomic E-state index is 11.4. The van der Waals surface area contributed by atoms with Gasteiger partial charge in [-0.15, -0.1) is 12.4 Å². The molecule has 1 atom stereocenters. The van der Waals surface area contributed by atoms with Gasteiger partial charge >= 0.3 is 0 Å². The average Bonchev–Trinajstić information content (AvgIpc) is 2.68. The molecule has 1 unspecified atom stereocenters. The van der Waals surface area contributed by atoms with Crippen LogP contribution in [0.25, 0.3) is 0 Å². The topological polar surface area (TPSA) is 70.2 Å². The molecule has 16 heavy (non-hydrogen) atoms. The zero-order valence-electron chi connectivity index (χ0n) is 9.54. The molecule has 2 amide bonds. The van der Waals surface area contributed by atoms with E-state index in [1.165, 1.54) is 0 Å². The summed E-state index contributed by atoms with van der Waals surface area (Å²) >= 11 is 0. The van der Waals surface area contributed by atoms with E-state index in [1.807, 2.05) is 6.92 Å². The van der Waals surface area contributed by atoms with E-state index < -0.39 is 0 Å². The molecule has 1 aliphatic rings. The molecule has 0 aliphatic carbocycles. The summed E-state index contributed by atoms with van der Waals surface area (Å²) < 4.78 is 0. The van der Waals surface area contributed by atoms with Crippen LogP contribution in [0.5, 0.6) is 0 Å². The summed E-state index contributed by atoms with van der Waals surface area (Å²) in [5, 5.41) is 8.61. The van der Waals surface area contributed by atoms with E-state index in [0.29, 0.717) is 6.42 Å². The third-order valence-electron chi connectivity index (χ3n) is 2.35. The first-order chi connectivity index (χ1) is 7.22. The van der Waals surface area contributed by atoms with Crippen LogP contribution in [0.4, 0.5) is 0 Å². The van der Waals surface area contributed by atoms with Crippen molar-refractivity contribution in [2.45, 2.75) is 32.2 Å². The highest BCUT2D eigenvalue weighted by molar-refractivity contribution is 5.85. The molecule has 0 bridgehead atoms. The van der Waals surface area contributed by atoms with Gasteiger partial charge in [0.1, 0.15) is 0 Å². The lowest BCUT2D eigenvalue weighted by Gasteiger charge is -2.11. The Morgan fingerprint density at radius 3 is 2.69 bits per heavy atom. The molecular formula is C10H20ClN3O2. The predicted molar refractivity (Wildman–Crippen MR) is 64.6 cm³/mol. The van der Waals surface area contributed by atoms with E-state index in [1.54, 1.807) is 0 Å². The molecule has 0 saturated carbocycles. The highest BCUT2D eigenvalue weighted by Crippen LogP contribution is 1.95. The fourth-order valence-electron chi connectivity index (χ4n) is 1.55. The summed E-state index contributed by atoms with van der Waals surface area (Å²) in [4.78, 5) is 22.4. The van der Waals surface area contributed by atoms with Gasteiger partial charge in [-0.05, 0) is 19.4 Å². The molecule has 1 fully saturated rings. The molecule has 1 heterocycles. The SMILES string of the molecule is CCCC(=O)NCC(=O)NC1CCNC1.Cl. The van der Waals surface area contributed by atoms with Gasteiger partial charge in [0.25, 0.3) is 0 Å². The van der Waals surface area contributed by atoms with Crippen LogP contribution in [-0.4, -0.2) is 37.5 Å². The lowest BCUT2D eigenvalue weighted by atomic mass is 10.2. The number of amides is 2. The van der Waals surface area contributed by atoms with E-state index in [4.69, 9.17) is 0 Å². The van der Waals surface area contributed by atoms with E-state index in [-0.39, 0.29) is 36.8 Å². The molecule has 6 heteroatoms. The van der Waals surface area contributed by atoms with Gasteiger partial charge in [-0.2, -0.15) is 0 Å². The number of nitrogens with one attached hydrogen (secondary N) is 3. The van der Waals surface area contributed by atoms with Gasteiger partial charge in [-0.25, -0.2) is 0 Å². The summed E-state index contributed by atoms with van der Waals surface area (Å²) in [6.07, 6.45) is 2.26. The summed E-state index contributed by atoms with van der Waals surface area (Å²) in [7, 11) is 0. The fourth-order valence-corrected chi connectivity index (χ4v) is 1.55. The molecule has 0 spiro atoms. The van der Waals surface area contributed by atoms with Gasteiger partial charge in [0.2, 0.25) is 11.8 Å². The van der Waals surface area contributed by atoms with Crippen LogP contribution in [0.15, 0.2) is 0 Å². The third-order valence-corrected chi connectivity index (χ3v) is 2.35. The smallest absolute Gasteiger partial charge is 0.239 e. The maximum Gasteiger partial charge on any atom is 0.239 e. The van der Waals surface area contributed by atoms with Gasteiger partial charge in [-0.3, -0.25) is 9.59 Å². The number of rotatable bonds is 5. The van der Waals surface area contributed by atoms with Crippen molar-refractivity contribution in [1.82, 2.24) is 16.0 Å². The minimum Gasteiger partial charge on any atom is -0.351 e. The van der Waals surface area contributed by atoms with Gasteiger partial charge < -0.3 is 16.0 Å². The molecule has 3 N–H and O–H groups in total. The lowest BCUT2D eigenvalue weighted by molar-refractivity contribution is -0.126. The predicted octanol–water partition coefficient (Wildman–Crippen LogP) is -0.197. The van der Waals surface area contributed by atoms with Crippen LogP contribution in [0.2, 0.25) is 0 Å². The Hall–Kier alpha value is -0.810. The second-order valence-corrected chi connectivity index (χ2v) is 3.78. The van der Waals surface area contributed by atoms with Crippen LogP contribution in [0.3, 0.4) is 0 Å². The van der Waals surface area contributed by atoms with Crippen LogP contribution in [0.1, 0.15) is 26.2 Å². The van der Waals surface area contributed by atoms with Crippen molar-refractivity contribution in [1.29, 1.82) is 0 Å². The van der Waals surface area contributed by atoms with E-state index in [0.717, 1.165) is 25.9 Å². The molecule has 0 aromatic heterocycles. The Kier molecular flexibility index (Phi) is 7.93. The van der Waals surface area contributed by atoms with Crippen molar-refractivity contribution in [3.63, 3.8) is 0 Å². The average molecular weight is 250 g/mol. The van der Waals surface area contributed by atoms with Gasteiger partial charge in [0.15, 0.2) is 0 Å². The minimum atomic E-state index is -0.104. The van der Waals surface area contributed by atoms with Crippen molar-refractivity contribution in [2.75, 3.05) is 19.6 Å². The number of hydrogen-bond donors (Lipinski definition) is 3. The van der Waals surface area contributed by atoms with Crippen molar-refractivity contribution in [3.05, 3.63) is 0 Å². The Labute approximate surface area is 102 Å². The highest BCUT2D eigenvalue weighted by Gasteiger charge is 2.16. The normalized spacial score (nSPS) is 18.7. The standard InChI is InChI=1S/C10H19N3O2.ClH/c1-2-3-9(14)12-7-10(15)13-8-4-5-11-6-8;/h8,11H,2-7H2,1H3,(H,12,14)(H,13,15);1H. The van der Waals surface area contributed by atoms with E-state index in [2.05, 4.69) is 16.0 Å². The largest absolute Gasteiger partial charge is 0.351 e. The molecule has 1 aliphatic heterocycles. The van der Waals surface area contributed by atoms with Crippen molar-refractivity contribution >= 4 is 24.2 Å². The van der Waals surface area contributed by atoms with Crippen molar-refractivity contribution in [2.24, 2.45) is 0 Å². The number of halogens is 1. The summed E-state index contributed by atoms with van der Waals surface area (Å²) in [5.74, 6) is -0.162. The number of hydrogen-bond acceptors (Lipinski definition) is 3. The van der Waals surface area contributed by atoms with Gasteiger partial charge in [0, 0.05) is 19.0 Å². The van der Waals surface area contributed by atoms with Crippen LogP contribution < -0.4 is 16.0 Å². The molecule has 5 nitrogen and oxygen atoms in total. The molecule has 0 radical (unpaired) electrons. The molecule has 1 saturated heterocycles. The van der Waals surface area contributed by atoms with Crippen LogP contribution >= 0.6 is 12.4 Å². The first-order valence-corrected chi connectivity index (χ1v) is 5.49. The van der Waals surface area contributed by atoms with Gasteiger partial charge in [0.05, 0.1) is 6.54 Å². The lowest BCUT2D eigenvalue weighted by Crippen LogP contribution is -2.42. The van der Waals surface area contributed by atoms with E-state index >= 15 is 0 Å². The summed E-state index contributed by atoms with van der Waals surface area (Å²) in [6.45, 7) is 3.81. The summed E-state index contributed by atoms with van der Waals surface area (Å²) in [5.41, 5.74) is 0. The number of carbonyl (C=O) groups is 2.